The summed E-state index contributed by atoms with van der Waals surface area (Å²) in [4.78, 5) is 10.0. The van der Waals surface area contributed by atoms with E-state index in [-0.39, 0.29) is 4.83 Å². The number of nitrogens with zero attached hydrogens (tertiary/aromatic N) is 1. The van der Waals surface area contributed by atoms with Gasteiger partial charge in [0.1, 0.15) is 6.29 Å². The predicted molar refractivity (Wildman–Crippen MR) is 42.9 cm³/mol. The molecule has 0 aliphatic carbocycles. The Labute approximate surface area is 69.4 Å². The quantitative estimate of drug-likeness (QED) is 0.390. The van der Waals surface area contributed by atoms with E-state index < -0.39 is 0 Å². The molecule has 0 aromatic heterocycles. The third kappa shape index (κ3) is 5.77. The van der Waals surface area contributed by atoms with Crippen LogP contribution in [0.25, 0.3) is 0 Å². The molecule has 0 spiro atoms. The van der Waals surface area contributed by atoms with Gasteiger partial charge in [0, 0.05) is 6.42 Å². The molecule has 0 heterocycles. The van der Waals surface area contributed by atoms with Crippen LogP contribution in [0.5, 0.6) is 0 Å². The van der Waals surface area contributed by atoms with E-state index in [1.165, 1.54) is 0 Å². The second-order valence-corrected chi connectivity index (χ2v) is 3.23. The molecule has 0 fully saturated rings. The highest BCUT2D eigenvalue weighted by molar-refractivity contribution is 9.09. The lowest BCUT2D eigenvalue weighted by Crippen LogP contribution is -1.97. The summed E-state index contributed by atoms with van der Waals surface area (Å²) in [5, 5.41) is 8.16. The molecule has 1 unspecified atom stereocenters. The van der Waals surface area contributed by atoms with E-state index in [0.717, 1.165) is 25.5 Å². The molecule has 0 saturated heterocycles. The molecule has 0 N–H and O–H groups in total. The molecule has 0 saturated carbocycles. The Bertz CT molecular complexity index is 130. The number of carbonyl (C=O) groups is 1. The van der Waals surface area contributed by atoms with Crippen LogP contribution in [0.2, 0.25) is 0 Å². The van der Waals surface area contributed by atoms with Gasteiger partial charge in [0.05, 0.1) is 10.9 Å². The van der Waals surface area contributed by atoms with Crippen molar-refractivity contribution >= 4 is 22.2 Å². The Morgan fingerprint density at radius 1 is 1.60 bits per heavy atom. The Hall–Kier alpha value is -0.360. The van der Waals surface area contributed by atoms with Crippen LogP contribution in [0.4, 0.5) is 0 Å². The number of carbonyl (C=O) groups excluding carboxylic acids is 1. The van der Waals surface area contributed by atoms with E-state index >= 15 is 0 Å². The van der Waals surface area contributed by atoms with E-state index in [0.29, 0.717) is 6.42 Å². The lowest BCUT2D eigenvalue weighted by Gasteiger charge is -1.97. The summed E-state index contributed by atoms with van der Waals surface area (Å²) in [5.74, 6) is 0. The maximum atomic E-state index is 10.1. The Balaban J connectivity index is 3.05. The highest BCUT2D eigenvalue weighted by Gasteiger charge is 1.99. The average Bonchev–Trinajstić information content (AvgIpc) is 1.98. The molecule has 0 bridgehead atoms. The van der Waals surface area contributed by atoms with Crippen LogP contribution in [0.15, 0.2) is 0 Å². The first-order valence-electron chi connectivity index (χ1n) is 3.27. The van der Waals surface area contributed by atoms with Crippen LogP contribution < -0.4 is 0 Å². The van der Waals surface area contributed by atoms with Gasteiger partial charge in [-0.1, -0.05) is 22.4 Å². The average molecular weight is 204 g/mol. The fraction of sp³-hybridized carbons (Fsp3) is 0.714. The molecule has 0 radical (unpaired) electrons. The Morgan fingerprint density at radius 3 is 2.80 bits per heavy atom. The van der Waals surface area contributed by atoms with Gasteiger partial charge in [0.2, 0.25) is 0 Å². The zero-order chi connectivity index (χ0) is 7.82. The van der Waals surface area contributed by atoms with E-state index in [1.54, 1.807) is 0 Å². The van der Waals surface area contributed by atoms with Crippen LogP contribution in [-0.2, 0) is 4.79 Å². The minimum atomic E-state index is -0.0220. The van der Waals surface area contributed by atoms with E-state index in [9.17, 15) is 4.79 Å². The minimum absolute atomic E-state index is 0.0220. The number of rotatable bonds is 5. The second kappa shape index (κ2) is 6.76. The number of nitriles is 1. The van der Waals surface area contributed by atoms with Gasteiger partial charge in [0.25, 0.3) is 0 Å². The first kappa shape index (κ1) is 9.64. The molecule has 0 rings (SSSR count). The number of hydrogen-bond donors (Lipinski definition) is 0. The molecular formula is C7H10BrNO. The molecule has 1 atom stereocenters. The van der Waals surface area contributed by atoms with Crippen molar-refractivity contribution in [3.05, 3.63) is 0 Å². The fourth-order valence-corrected chi connectivity index (χ4v) is 0.935. The van der Waals surface area contributed by atoms with Crippen molar-refractivity contribution in [2.75, 3.05) is 0 Å². The number of halogens is 1. The second-order valence-electron chi connectivity index (χ2n) is 2.06. The molecule has 0 amide bonds. The summed E-state index contributed by atoms with van der Waals surface area (Å²) >= 11 is 3.18. The van der Waals surface area contributed by atoms with Gasteiger partial charge in [-0.3, -0.25) is 0 Å². The summed E-state index contributed by atoms with van der Waals surface area (Å²) in [6, 6.07) is 2.06. The van der Waals surface area contributed by atoms with Gasteiger partial charge in [-0.15, -0.1) is 0 Å². The smallest absolute Gasteiger partial charge is 0.133 e. The van der Waals surface area contributed by atoms with Crippen molar-refractivity contribution < 1.29 is 4.79 Å². The molecule has 56 valence electrons. The fourth-order valence-electron chi connectivity index (χ4n) is 0.611. The minimum Gasteiger partial charge on any atom is -0.302 e. The van der Waals surface area contributed by atoms with Crippen molar-refractivity contribution in [2.24, 2.45) is 0 Å². The SMILES string of the molecule is N#CCCCCC(Br)C=O. The van der Waals surface area contributed by atoms with E-state index in [4.69, 9.17) is 5.26 Å². The number of unbranched alkanes of at least 4 members (excludes halogenated alkanes) is 2. The zero-order valence-electron chi connectivity index (χ0n) is 5.72. The summed E-state index contributed by atoms with van der Waals surface area (Å²) in [6.07, 6.45) is 4.16. The Morgan fingerprint density at radius 2 is 2.30 bits per heavy atom. The standard InChI is InChI=1S/C7H10BrNO/c8-7(6-10)4-2-1-3-5-9/h6-7H,1-4H2. The maximum Gasteiger partial charge on any atom is 0.133 e. The lowest BCUT2D eigenvalue weighted by molar-refractivity contribution is -0.107. The molecule has 3 heteroatoms. The zero-order valence-corrected chi connectivity index (χ0v) is 7.30. The van der Waals surface area contributed by atoms with Crippen LogP contribution in [0.1, 0.15) is 25.7 Å². The van der Waals surface area contributed by atoms with Crippen molar-refractivity contribution in [1.82, 2.24) is 0 Å². The number of aldehydes is 1. The topological polar surface area (TPSA) is 40.9 Å². The van der Waals surface area contributed by atoms with Gasteiger partial charge in [0.15, 0.2) is 0 Å². The monoisotopic (exact) mass is 203 g/mol. The van der Waals surface area contributed by atoms with Crippen LogP contribution in [0.3, 0.4) is 0 Å². The van der Waals surface area contributed by atoms with Gasteiger partial charge in [-0.25, -0.2) is 0 Å². The van der Waals surface area contributed by atoms with Gasteiger partial charge in [-0.2, -0.15) is 5.26 Å². The molecule has 0 aliphatic heterocycles. The lowest BCUT2D eigenvalue weighted by atomic mass is 10.2. The van der Waals surface area contributed by atoms with Crippen molar-refractivity contribution in [3.8, 4) is 6.07 Å². The van der Waals surface area contributed by atoms with Crippen molar-refractivity contribution in [2.45, 2.75) is 30.5 Å². The molecule has 0 aromatic rings. The normalized spacial score (nSPS) is 12.0. The highest BCUT2D eigenvalue weighted by atomic mass is 79.9. The van der Waals surface area contributed by atoms with E-state index in [2.05, 4.69) is 22.0 Å². The molecular weight excluding hydrogens is 194 g/mol. The van der Waals surface area contributed by atoms with Crippen LogP contribution >= 0.6 is 15.9 Å². The maximum absolute atomic E-state index is 10.1. The first-order chi connectivity index (χ1) is 4.81. The molecule has 2 nitrogen and oxygen atoms in total. The molecule has 0 aromatic carbocycles. The Kier molecular flexibility index (Phi) is 6.51. The van der Waals surface area contributed by atoms with E-state index in [1.807, 2.05) is 0 Å². The van der Waals surface area contributed by atoms with Gasteiger partial charge in [-0.05, 0) is 12.8 Å². The van der Waals surface area contributed by atoms with Crippen LogP contribution in [-0.4, -0.2) is 11.1 Å². The first-order valence-corrected chi connectivity index (χ1v) is 4.19. The summed E-state index contributed by atoms with van der Waals surface area (Å²) < 4.78 is 0. The van der Waals surface area contributed by atoms with Gasteiger partial charge >= 0.3 is 0 Å². The van der Waals surface area contributed by atoms with Crippen LogP contribution in [0, 0.1) is 11.3 Å². The summed E-state index contributed by atoms with van der Waals surface area (Å²) in [5.41, 5.74) is 0. The van der Waals surface area contributed by atoms with Crippen molar-refractivity contribution in [3.63, 3.8) is 0 Å². The number of hydrogen-bond acceptors (Lipinski definition) is 2. The molecule has 0 aliphatic rings. The third-order valence-electron chi connectivity index (χ3n) is 1.17. The van der Waals surface area contributed by atoms with Crippen molar-refractivity contribution in [1.29, 1.82) is 5.26 Å². The third-order valence-corrected chi connectivity index (χ3v) is 1.84. The summed E-state index contributed by atoms with van der Waals surface area (Å²) in [7, 11) is 0. The van der Waals surface area contributed by atoms with Gasteiger partial charge < -0.3 is 4.79 Å². The predicted octanol–water partition coefficient (Wildman–Crippen LogP) is 2.03. The summed E-state index contributed by atoms with van der Waals surface area (Å²) in [6.45, 7) is 0. The number of alkyl halides is 1. The highest BCUT2D eigenvalue weighted by Crippen LogP contribution is 2.07. The molecule has 10 heavy (non-hydrogen) atoms. The largest absolute Gasteiger partial charge is 0.302 e.